The molecule has 2 fully saturated rings. The van der Waals surface area contributed by atoms with Gasteiger partial charge in [0.1, 0.15) is 0 Å². The van der Waals surface area contributed by atoms with Crippen LogP contribution in [0, 0.1) is 16.7 Å². The van der Waals surface area contributed by atoms with Crippen LogP contribution in [0.4, 0.5) is 0 Å². The smallest absolute Gasteiger partial charge is 0.165 e. The number of benzene rings is 1. The predicted molar refractivity (Wildman–Crippen MR) is 86.7 cm³/mol. The zero-order chi connectivity index (χ0) is 14.5. The van der Waals surface area contributed by atoms with Gasteiger partial charge in [0.15, 0.2) is 5.78 Å². The van der Waals surface area contributed by atoms with Gasteiger partial charge in [-0.2, -0.15) is 12.6 Å². The summed E-state index contributed by atoms with van der Waals surface area (Å²) in [5.41, 5.74) is 3.32. The molecule has 0 radical (unpaired) electrons. The van der Waals surface area contributed by atoms with Crippen molar-refractivity contribution in [2.24, 2.45) is 16.7 Å². The molecule has 1 aromatic rings. The highest BCUT2D eigenvalue weighted by Crippen LogP contribution is 2.65. The van der Waals surface area contributed by atoms with E-state index in [1.165, 1.54) is 5.56 Å². The number of Topliss-reactive ketones (excluding diaryl/α,β-unsaturated/α-hetero) is 1. The molecule has 1 aromatic carbocycles. The van der Waals surface area contributed by atoms with Crippen molar-refractivity contribution in [2.45, 2.75) is 39.4 Å². The van der Waals surface area contributed by atoms with Crippen LogP contribution in [-0.4, -0.2) is 5.78 Å². The fraction of sp³-hybridized carbons (Fsp3) is 0.500. The molecule has 0 spiro atoms. The maximum atomic E-state index is 12.8. The number of fused-ring (bicyclic) bond motifs is 2. The highest BCUT2D eigenvalue weighted by molar-refractivity contribution is 7.79. The molecule has 2 saturated carbocycles. The maximum absolute atomic E-state index is 12.8. The predicted octanol–water partition coefficient (Wildman–Crippen LogP) is 4.53. The van der Waals surface area contributed by atoms with E-state index in [9.17, 15) is 4.79 Å². The van der Waals surface area contributed by atoms with Gasteiger partial charge in [0, 0.05) is 11.2 Å². The van der Waals surface area contributed by atoms with Crippen molar-refractivity contribution < 1.29 is 4.79 Å². The molecular weight excluding hydrogens is 264 g/mol. The Balaban J connectivity index is 1.99. The Kier molecular flexibility index (Phi) is 3.13. The molecule has 1 nitrogen and oxygen atoms in total. The van der Waals surface area contributed by atoms with Gasteiger partial charge < -0.3 is 0 Å². The number of carbonyl (C=O) groups is 1. The van der Waals surface area contributed by atoms with Crippen molar-refractivity contribution in [3.8, 4) is 0 Å². The molecule has 2 heteroatoms. The van der Waals surface area contributed by atoms with E-state index in [1.54, 1.807) is 0 Å². The van der Waals surface area contributed by atoms with E-state index >= 15 is 0 Å². The molecule has 2 aliphatic rings. The Hall–Kier alpha value is -1.02. The van der Waals surface area contributed by atoms with Crippen molar-refractivity contribution >= 4 is 24.5 Å². The Morgan fingerprint density at radius 3 is 2.40 bits per heavy atom. The lowest BCUT2D eigenvalue weighted by Gasteiger charge is -2.31. The lowest BCUT2D eigenvalue weighted by Crippen LogP contribution is -2.32. The lowest BCUT2D eigenvalue weighted by atomic mass is 9.70. The molecule has 0 saturated heterocycles. The minimum Gasteiger partial charge on any atom is -0.294 e. The molecule has 0 amide bonds. The summed E-state index contributed by atoms with van der Waals surface area (Å²) in [6, 6.07) is 8.36. The fourth-order valence-corrected chi connectivity index (χ4v) is 4.20. The molecule has 2 unspecified atom stereocenters. The second-order valence-electron chi connectivity index (χ2n) is 6.97. The van der Waals surface area contributed by atoms with Gasteiger partial charge in [-0.05, 0) is 47.0 Å². The summed E-state index contributed by atoms with van der Waals surface area (Å²) in [6.07, 6.45) is 4.30. The molecule has 0 aromatic heterocycles. The first kappa shape index (κ1) is 13.9. The van der Waals surface area contributed by atoms with Crippen LogP contribution < -0.4 is 0 Å². The average molecular weight is 286 g/mol. The number of rotatable bonds is 2. The summed E-state index contributed by atoms with van der Waals surface area (Å²) in [5, 5.41) is 0. The summed E-state index contributed by atoms with van der Waals surface area (Å²) in [6.45, 7) is 6.67. The van der Waals surface area contributed by atoms with Crippen molar-refractivity contribution in [3.05, 3.63) is 41.0 Å². The lowest BCUT2D eigenvalue weighted by molar-refractivity contribution is -0.125. The minimum atomic E-state index is -0.158. The third kappa shape index (κ3) is 1.74. The standard InChI is InChI=1S/C18H22OS/c1-17(2)15-8-9-18(17,3)16(19)14(15)10-12-4-6-13(11-20)7-5-12/h4-7,10,15,20H,8-9,11H2,1-3H3/b14-10-. The summed E-state index contributed by atoms with van der Waals surface area (Å²) in [4.78, 5) is 12.8. The Morgan fingerprint density at radius 1 is 1.25 bits per heavy atom. The molecule has 0 N–H and O–H groups in total. The minimum absolute atomic E-state index is 0.0982. The largest absolute Gasteiger partial charge is 0.294 e. The molecule has 0 aliphatic heterocycles. The van der Waals surface area contributed by atoms with Gasteiger partial charge in [0.2, 0.25) is 0 Å². The van der Waals surface area contributed by atoms with Gasteiger partial charge in [-0.15, -0.1) is 0 Å². The normalized spacial score (nSPS) is 33.1. The second-order valence-corrected chi connectivity index (χ2v) is 7.29. The third-order valence-corrected chi connectivity index (χ3v) is 6.21. The molecular formula is C18H22OS. The number of allylic oxidation sites excluding steroid dienone is 1. The average Bonchev–Trinajstić information content (AvgIpc) is 2.74. The summed E-state index contributed by atoms with van der Waals surface area (Å²) in [7, 11) is 0. The quantitative estimate of drug-likeness (QED) is 0.624. The van der Waals surface area contributed by atoms with E-state index in [-0.39, 0.29) is 10.8 Å². The third-order valence-electron chi connectivity index (χ3n) is 5.85. The summed E-state index contributed by atoms with van der Waals surface area (Å²) in [5.74, 6) is 1.55. The SMILES string of the molecule is CC12CCC(/C(=C/c3ccc(CS)cc3)C1=O)C2(C)C. The van der Waals surface area contributed by atoms with Crippen molar-refractivity contribution in [2.75, 3.05) is 0 Å². The summed E-state index contributed by atoms with van der Waals surface area (Å²) >= 11 is 4.27. The highest BCUT2D eigenvalue weighted by atomic mass is 32.1. The van der Waals surface area contributed by atoms with Gasteiger partial charge in [-0.25, -0.2) is 0 Å². The molecule has 2 atom stereocenters. The van der Waals surface area contributed by atoms with E-state index in [0.29, 0.717) is 11.7 Å². The van der Waals surface area contributed by atoms with Gasteiger partial charge in [-0.1, -0.05) is 45.0 Å². The number of carbonyl (C=O) groups excluding carboxylic acids is 1. The summed E-state index contributed by atoms with van der Waals surface area (Å²) < 4.78 is 0. The van der Waals surface area contributed by atoms with Gasteiger partial charge in [0.05, 0.1) is 0 Å². The Morgan fingerprint density at radius 2 is 1.90 bits per heavy atom. The fourth-order valence-electron chi connectivity index (χ4n) is 3.99. The molecule has 2 aliphatic carbocycles. The molecule has 0 heterocycles. The van der Waals surface area contributed by atoms with Crippen LogP contribution in [0.5, 0.6) is 0 Å². The van der Waals surface area contributed by atoms with Crippen molar-refractivity contribution in [3.63, 3.8) is 0 Å². The number of ketones is 1. The van der Waals surface area contributed by atoms with Crippen LogP contribution in [0.15, 0.2) is 29.8 Å². The van der Waals surface area contributed by atoms with Gasteiger partial charge >= 0.3 is 0 Å². The van der Waals surface area contributed by atoms with Crippen molar-refractivity contribution in [1.82, 2.24) is 0 Å². The number of hydrogen-bond donors (Lipinski definition) is 1. The number of hydrogen-bond acceptors (Lipinski definition) is 2. The molecule has 2 bridgehead atoms. The van der Waals surface area contributed by atoms with E-state index in [0.717, 1.165) is 29.7 Å². The van der Waals surface area contributed by atoms with Crippen LogP contribution in [0.3, 0.4) is 0 Å². The van der Waals surface area contributed by atoms with E-state index < -0.39 is 0 Å². The Labute approximate surface area is 126 Å². The second kappa shape index (κ2) is 4.49. The molecule has 106 valence electrons. The first-order valence-corrected chi connectivity index (χ1v) is 7.99. The molecule has 3 rings (SSSR count). The van der Waals surface area contributed by atoms with Crippen LogP contribution >= 0.6 is 12.6 Å². The first-order valence-electron chi connectivity index (χ1n) is 7.36. The van der Waals surface area contributed by atoms with Crippen LogP contribution in [0.2, 0.25) is 0 Å². The van der Waals surface area contributed by atoms with Gasteiger partial charge in [-0.3, -0.25) is 4.79 Å². The van der Waals surface area contributed by atoms with Crippen molar-refractivity contribution in [1.29, 1.82) is 0 Å². The van der Waals surface area contributed by atoms with E-state index in [2.05, 4.69) is 63.7 Å². The van der Waals surface area contributed by atoms with Crippen LogP contribution in [0.25, 0.3) is 6.08 Å². The van der Waals surface area contributed by atoms with Crippen LogP contribution in [0.1, 0.15) is 44.7 Å². The topological polar surface area (TPSA) is 17.1 Å². The van der Waals surface area contributed by atoms with Gasteiger partial charge in [0.25, 0.3) is 0 Å². The zero-order valence-electron chi connectivity index (χ0n) is 12.4. The highest BCUT2D eigenvalue weighted by Gasteiger charge is 2.63. The van der Waals surface area contributed by atoms with E-state index in [1.807, 2.05) is 0 Å². The zero-order valence-corrected chi connectivity index (χ0v) is 13.3. The van der Waals surface area contributed by atoms with Crippen LogP contribution in [-0.2, 0) is 10.5 Å². The maximum Gasteiger partial charge on any atom is 0.165 e. The number of thiol groups is 1. The first-order chi connectivity index (χ1) is 9.40. The monoisotopic (exact) mass is 286 g/mol. The Bertz CT molecular complexity index is 582. The molecule has 20 heavy (non-hydrogen) atoms. The van der Waals surface area contributed by atoms with E-state index in [4.69, 9.17) is 0 Å².